The number of hydrogen-bond acceptors (Lipinski definition) is 7. The molecule has 1 aromatic heterocycles. The number of nitriles is 1. The first-order valence-corrected chi connectivity index (χ1v) is 14.1. The Balaban J connectivity index is 1.45. The van der Waals surface area contributed by atoms with E-state index in [1.807, 2.05) is 0 Å². The summed E-state index contributed by atoms with van der Waals surface area (Å²) in [5.41, 5.74) is 1.37. The van der Waals surface area contributed by atoms with Crippen molar-refractivity contribution in [2.75, 3.05) is 4.90 Å². The molecule has 3 aliphatic rings. The molecule has 3 atom stereocenters. The number of fused-ring (bicyclic) bond motifs is 1. The summed E-state index contributed by atoms with van der Waals surface area (Å²) in [4.78, 5) is 52.8. The number of anilines is 1. The Kier molecular flexibility index (Phi) is 7.43. The second-order valence-electron chi connectivity index (χ2n) is 10.8. The van der Waals surface area contributed by atoms with Gasteiger partial charge in [0.15, 0.2) is 12.0 Å². The van der Waals surface area contributed by atoms with Crippen LogP contribution in [-0.4, -0.2) is 51.4 Å². The maximum Gasteiger partial charge on any atom is 0.252 e. The highest BCUT2D eigenvalue weighted by atomic mass is 35.5. The molecule has 1 saturated heterocycles. The molecule has 6 rings (SSSR count). The van der Waals surface area contributed by atoms with Crippen molar-refractivity contribution in [1.29, 1.82) is 5.26 Å². The molecule has 3 heterocycles. The molecule has 1 N–H and O–H groups in total. The molecular weight excluding hydrogens is 582 g/mol. The van der Waals surface area contributed by atoms with Crippen LogP contribution in [0.1, 0.15) is 43.7 Å². The second kappa shape index (κ2) is 11.2. The van der Waals surface area contributed by atoms with Crippen LogP contribution in [0.15, 0.2) is 70.5 Å². The van der Waals surface area contributed by atoms with E-state index in [0.717, 1.165) is 0 Å². The van der Waals surface area contributed by atoms with E-state index >= 15 is 0 Å². The van der Waals surface area contributed by atoms with Crippen molar-refractivity contribution < 1.29 is 27.6 Å². The van der Waals surface area contributed by atoms with Gasteiger partial charge < -0.3 is 9.73 Å². The van der Waals surface area contributed by atoms with Gasteiger partial charge in [-0.05, 0) is 36.8 Å². The summed E-state index contributed by atoms with van der Waals surface area (Å²) in [6.45, 7) is 0. The van der Waals surface area contributed by atoms with Gasteiger partial charge >= 0.3 is 0 Å². The molecule has 3 amide bonds. The van der Waals surface area contributed by atoms with Crippen LogP contribution in [0, 0.1) is 17.2 Å². The number of rotatable bonds is 6. The van der Waals surface area contributed by atoms with Gasteiger partial charge in [-0.25, -0.2) is 18.8 Å². The Hall–Kier alpha value is -4.63. The Morgan fingerprint density at radius 3 is 2.77 bits per heavy atom. The monoisotopic (exact) mass is 606 g/mol. The standard InChI is InChI=1S/C30H25ClF2N6O4/c31-21-4-2-1-3-20(21)27(28(41)37-18-13-30(32,33)14-18)38(19-5-7-24-22(12-19)36-16-43-24)29(42)23-6-8-26(40)39(23)25-11-17(15-34)9-10-35-25/h1-5,7,9-10,12,16-18,23,27H,6,8,11,13-14H2,(H,37,41)/t17?,23-,27-/m0/s1. The van der Waals surface area contributed by atoms with Gasteiger partial charge in [0.05, 0.1) is 12.0 Å². The maximum absolute atomic E-state index is 14.7. The average Bonchev–Trinajstić information content (AvgIpc) is 3.61. The van der Waals surface area contributed by atoms with Crippen molar-refractivity contribution in [3.8, 4) is 6.07 Å². The first-order valence-electron chi connectivity index (χ1n) is 13.7. The summed E-state index contributed by atoms with van der Waals surface area (Å²) in [5, 5.41) is 12.3. The van der Waals surface area contributed by atoms with Crippen molar-refractivity contribution in [3.05, 3.63) is 71.7 Å². The summed E-state index contributed by atoms with van der Waals surface area (Å²) >= 11 is 6.58. The molecule has 220 valence electrons. The normalized spacial score (nSPS) is 22.0. The van der Waals surface area contributed by atoms with Crippen LogP contribution < -0.4 is 10.2 Å². The van der Waals surface area contributed by atoms with Gasteiger partial charge in [-0.15, -0.1) is 0 Å². The van der Waals surface area contributed by atoms with Gasteiger partial charge in [-0.2, -0.15) is 5.26 Å². The van der Waals surface area contributed by atoms with Crippen molar-refractivity contribution in [3.63, 3.8) is 0 Å². The van der Waals surface area contributed by atoms with Crippen LogP contribution in [0.25, 0.3) is 11.1 Å². The highest BCUT2D eigenvalue weighted by Gasteiger charge is 2.49. The van der Waals surface area contributed by atoms with E-state index in [9.17, 15) is 28.4 Å². The fourth-order valence-electron chi connectivity index (χ4n) is 5.74. The predicted octanol–water partition coefficient (Wildman–Crippen LogP) is 4.92. The summed E-state index contributed by atoms with van der Waals surface area (Å²) < 4.78 is 32.7. The SMILES string of the molecule is N#CC1C=CN=C(N2C(=O)CC[C@H]2C(=O)N(c2ccc3ocnc3c2)[C@H](C(=O)NC2CC(F)(F)C2)c2ccccc2Cl)C1. The number of nitrogens with one attached hydrogen (secondary N) is 1. The molecule has 10 nitrogen and oxygen atoms in total. The number of aromatic nitrogens is 1. The van der Waals surface area contributed by atoms with Crippen molar-refractivity contribution >= 4 is 51.9 Å². The minimum absolute atomic E-state index is 0.0482. The van der Waals surface area contributed by atoms with E-state index in [1.165, 1.54) is 22.4 Å². The quantitative estimate of drug-likeness (QED) is 0.424. The van der Waals surface area contributed by atoms with Crippen LogP contribution in [0.5, 0.6) is 0 Å². The number of aliphatic imine (C=N–C) groups is 1. The fraction of sp³-hybridized carbons (Fsp3) is 0.333. The molecule has 2 aromatic carbocycles. The highest BCUT2D eigenvalue weighted by molar-refractivity contribution is 6.31. The third kappa shape index (κ3) is 5.48. The Morgan fingerprint density at radius 2 is 2.02 bits per heavy atom. The number of carbonyl (C=O) groups is 3. The number of allylic oxidation sites excluding steroid dienone is 1. The minimum atomic E-state index is -2.88. The molecule has 1 unspecified atom stereocenters. The Labute approximate surface area is 249 Å². The Morgan fingerprint density at radius 1 is 1.23 bits per heavy atom. The molecule has 0 bridgehead atoms. The summed E-state index contributed by atoms with van der Waals surface area (Å²) in [6, 6.07) is 10.1. The van der Waals surface area contributed by atoms with Crippen LogP contribution >= 0.6 is 11.6 Å². The molecule has 43 heavy (non-hydrogen) atoms. The van der Waals surface area contributed by atoms with Gasteiger partial charge in [0.1, 0.15) is 23.4 Å². The third-order valence-corrected chi connectivity index (χ3v) is 8.20. The zero-order chi connectivity index (χ0) is 30.3. The number of carbonyl (C=O) groups excluding carboxylic acids is 3. The predicted molar refractivity (Wildman–Crippen MR) is 152 cm³/mol. The summed E-state index contributed by atoms with van der Waals surface area (Å²) in [6.07, 6.45) is 3.56. The van der Waals surface area contributed by atoms with E-state index < -0.39 is 54.6 Å². The number of oxazole rings is 1. The maximum atomic E-state index is 14.7. The molecule has 2 fully saturated rings. The smallest absolute Gasteiger partial charge is 0.252 e. The summed E-state index contributed by atoms with van der Waals surface area (Å²) in [5.74, 6) is -4.79. The third-order valence-electron chi connectivity index (χ3n) is 7.86. The van der Waals surface area contributed by atoms with E-state index in [1.54, 1.807) is 48.5 Å². The first kappa shape index (κ1) is 28.5. The highest BCUT2D eigenvalue weighted by Crippen LogP contribution is 2.40. The van der Waals surface area contributed by atoms with Crippen molar-refractivity contribution in [1.82, 2.24) is 15.2 Å². The number of alkyl halides is 2. The molecule has 1 saturated carbocycles. The zero-order valence-corrected chi connectivity index (χ0v) is 23.4. The summed E-state index contributed by atoms with van der Waals surface area (Å²) in [7, 11) is 0. The van der Waals surface area contributed by atoms with Crippen LogP contribution in [0.2, 0.25) is 5.02 Å². The number of likely N-dealkylation sites (tertiary alicyclic amines) is 1. The number of benzene rings is 2. The molecule has 1 aliphatic carbocycles. The lowest BCUT2D eigenvalue weighted by molar-refractivity contribution is -0.134. The van der Waals surface area contributed by atoms with Gasteiger partial charge in [0.25, 0.3) is 11.8 Å². The molecule has 3 aromatic rings. The minimum Gasteiger partial charge on any atom is -0.443 e. The molecule has 13 heteroatoms. The van der Waals surface area contributed by atoms with Crippen molar-refractivity contribution in [2.24, 2.45) is 10.9 Å². The van der Waals surface area contributed by atoms with E-state index in [4.69, 9.17) is 16.0 Å². The van der Waals surface area contributed by atoms with Gasteiger partial charge in [-0.1, -0.05) is 29.8 Å². The van der Waals surface area contributed by atoms with Gasteiger partial charge in [0, 0.05) is 54.2 Å². The number of nitrogens with zero attached hydrogens (tertiary/aromatic N) is 5. The zero-order valence-electron chi connectivity index (χ0n) is 22.6. The van der Waals surface area contributed by atoms with Crippen LogP contribution in [0.4, 0.5) is 14.5 Å². The van der Waals surface area contributed by atoms with Crippen LogP contribution in [-0.2, 0) is 14.4 Å². The molecule has 0 radical (unpaired) electrons. The van der Waals surface area contributed by atoms with Crippen LogP contribution in [0.3, 0.4) is 0 Å². The average molecular weight is 607 g/mol. The van der Waals surface area contributed by atoms with Crippen molar-refractivity contribution in [2.45, 2.75) is 56.2 Å². The van der Waals surface area contributed by atoms with E-state index in [-0.39, 0.29) is 47.3 Å². The molecule has 0 spiro atoms. The topological polar surface area (TPSA) is 132 Å². The number of halogens is 3. The van der Waals surface area contributed by atoms with Gasteiger partial charge in [0.2, 0.25) is 11.8 Å². The van der Waals surface area contributed by atoms with E-state index in [0.29, 0.717) is 11.1 Å². The number of hydrogen-bond donors (Lipinski definition) is 1. The molecular formula is C30H25ClF2N6O4. The molecule has 2 aliphatic heterocycles. The first-order chi connectivity index (χ1) is 20.6. The number of amidine groups is 1. The lowest BCUT2D eigenvalue weighted by atomic mass is 9.87. The largest absolute Gasteiger partial charge is 0.443 e. The lowest BCUT2D eigenvalue weighted by Crippen LogP contribution is -2.56. The second-order valence-corrected chi connectivity index (χ2v) is 11.2. The Bertz CT molecular complexity index is 1710. The fourth-order valence-corrected chi connectivity index (χ4v) is 5.98. The van der Waals surface area contributed by atoms with E-state index in [2.05, 4.69) is 21.4 Å². The lowest BCUT2D eigenvalue weighted by Gasteiger charge is -2.39. The number of amides is 3. The van der Waals surface area contributed by atoms with Gasteiger partial charge in [-0.3, -0.25) is 24.2 Å².